The fraction of sp³-hybridized carbons (Fsp3) is 1.00. The van der Waals surface area contributed by atoms with Crippen molar-refractivity contribution in [1.82, 2.24) is 5.32 Å². The van der Waals surface area contributed by atoms with Gasteiger partial charge in [-0.25, -0.2) is 0 Å². The molecule has 0 amide bonds. The van der Waals surface area contributed by atoms with Gasteiger partial charge in [0.15, 0.2) is 0 Å². The summed E-state index contributed by atoms with van der Waals surface area (Å²) < 4.78 is 11.2. The summed E-state index contributed by atoms with van der Waals surface area (Å²) >= 11 is 0. The van der Waals surface area contributed by atoms with Crippen LogP contribution in [-0.2, 0) is 10.8 Å². The first-order valence-corrected chi connectivity index (χ1v) is 8.09. The molecule has 1 fully saturated rings. The summed E-state index contributed by atoms with van der Waals surface area (Å²) in [7, 11) is -0.689. The van der Waals surface area contributed by atoms with E-state index in [0.29, 0.717) is 17.5 Å². The van der Waals surface area contributed by atoms with E-state index in [4.69, 9.17) is 0 Å². The SMILES string of the molecule is CC(CS(C)=O)NC1CCC(C)(C)CC1C. The molecule has 0 heterocycles. The molecule has 1 aliphatic carbocycles. The monoisotopic (exact) mass is 245 g/mol. The van der Waals surface area contributed by atoms with Crippen LogP contribution in [0.5, 0.6) is 0 Å². The Balaban J connectivity index is 2.41. The Bertz CT molecular complexity index is 252. The highest BCUT2D eigenvalue weighted by molar-refractivity contribution is 7.84. The molecule has 16 heavy (non-hydrogen) atoms. The average molecular weight is 245 g/mol. The molecule has 0 aromatic heterocycles. The molecule has 3 heteroatoms. The first kappa shape index (κ1) is 14.2. The van der Waals surface area contributed by atoms with Gasteiger partial charge in [-0.2, -0.15) is 0 Å². The minimum atomic E-state index is -0.689. The van der Waals surface area contributed by atoms with Gasteiger partial charge in [-0.1, -0.05) is 20.8 Å². The number of rotatable bonds is 4. The van der Waals surface area contributed by atoms with E-state index in [0.717, 1.165) is 11.7 Å². The van der Waals surface area contributed by atoms with Crippen LogP contribution < -0.4 is 5.32 Å². The molecule has 0 saturated heterocycles. The Morgan fingerprint density at radius 2 is 2.12 bits per heavy atom. The maximum atomic E-state index is 11.2. The predicted molar refractivity (Wildman–Crippen MR) is 72.1 cm³/mol. The lowest BCUT2D eigenvalue weighted by Crippen LogP contribution is -2.46. The van der Waals surface area contributed by atoms with Crippen molar-refractivity contribution in [3.8, 4) is 0 Å². The van der Waals surface area contributed by atoms with E-state index in [9.17, 15) is 4.21 Å². The molecule has 2 nitrogen and oxygen atoms in total. The lowest BCUT2D eigenvalue weighted by Gasteiger charge is -2.40. The van der Waals surface area contributed by atoms with E-state index >= 15 is 0 Å². The maximum Gasteiger partial charge on any atom is 0.0383 e. The molecule has 1 N–H and O–H groups in total. The first-order chi connectivity index (χ1) is 7.30. The third kappa shape index (κ3) is 4.54. The highest BCUT2D eigenvalue weighted by Crippen LogP contribution is 2.38. The molecule has 0 bridgehead atoms. The lowest BCUT2D eigenvalue weighted by molar-refractivity contribution is 0.144. The third-order valence-corrected chi connectivity index (χ3v) is 4.65. The molecule has 0 aromatic rings. The maximum absolute atomic E-state index is 11.2. The summed E-state index contributed by atoms with van der Waals surface area (Å²) in [5.74, 6) is 1.50. The van der Waals surface area contributed by atoms with Gasteiger partial charge in [-0.15, -0.1) is 0 Å². The van der Waals surface area contributed by atoms with Crippen LogP contribution in [0, 0.1) is 11.3 Å². The van der Waals surface area contributed by atoms with Crippen molar-refractivity contribution < 1.29 is 4.21 Å². The smallest absolute Gasteiger partial charge is 0.0383 e. The minimum absolute atomic E-state index is 0.375. The van der Waals surface area contributed by atoms with Gasteiger partial charge < -0.3 is 5.32 Å². The summed E-state index contributed by atoms with van der Waals surface area (Å²) in [5, 5.41) is 3.64. The van der Waals surface area contributed by atoms with Crippen molar-refractivity contribution in [3.05, 3.63) is 0 Å². The van der Waals surface area contributed by atoms with E-state index in [1.807, 2.05) is 0 Å². The Morgan fingerprint density at radius 1 is 1.50 bits per heavy atom. The summed E-state index contributed by atoms with van der Waals surface area (Å²) in [6.07, 6.45) is 5.64. The first-order valence-electron chi connectivity index (χ1n) is 6.36. The zero-order valence-electron chi connectivity index (χ0n) is 11.4. The van der Waals surface area contributed by atoms with Crippen molar-refractivity contribution in [1.29, 1.82) is 0 Å². The van der Waals surface area contributed by atoms with E-state index in [-0.39, 0.29) is 0 Å². The van der Waals surface area contributed by atoms with Crippen LogP contribution in [0.2, 0.25) is 0 Å². The number of hydrogen-bond acceptors (Lipinski definition) is 2. The van der Waals surface area contributed by atoms with Crippen LogP contribution in [-0.4, -0.2) is 28.3 Å². The molecular formula is C13H27NOS. The Labute approximate surface area is 103 Å². The standard InChI is InChI=1S/C13H27NOS/c1-10-8-13(3,4)7-6-12(10)14-11(2)9-16(5)15/h10-12,14H,6-9H2,1-5H3. The highest BCUT2D eigenvalue weighted by Gasteiger charge is 2.32. The second-order valence-electron chi connectivity index (χ2n) is 6.30. The van der Waals surface area contributed by atoms with E-state index in [1.54, 1.807) is 6.26 Å². The van der Waals surface area contributed by atoms with Crippen LogP contribution in [0.15, 0.2) is 0 Å². The molecule has 1 aliphatic rings. The second kappa shape index (κ2) is 5.63. The fourth-order valence-electron chi connectivity index (χ4n) is 2.96. The molecule has 0 radical (unpaired) electrons. The summed E-state index contributed by atoms with van der Waals surface area (Å²) in [4.78, 5) is 0. The molecule has 0 aromatic carbocycles. The van der Waals surface area contributed by atoms with Crippen LogP contribution in [0.4, 0.5) is 0 Å². The summed E-state index contributed by atoms with van der Waals surface area (Å²) in [6, 6.07) is 0.992. The van der Waals surface area contributed by atoms with Crippen LogP contribution in [0.25, 0.3) is 0 Å². The molecule has 96 valence electrons. The van der Waals surface area contributed by atoms with Gasteiger partial charge in [0.2, 0.25) is 0 Å². The van der Waals surface area contributed by atoms with Crippen molar-refractivity contribution in [3.63, 3.8) is 0 Å². The number of hydrogen-bond donors (Lipinski definition) is 1. The fourth-order valence-corrected chi connectivity index (χ4v) is 3.76. The van der Waals surface area contributed by atoms with E-state index in [2.05, 4.69) is 33.0 Å². The highest BCUT2D eigenvalue weighted by atomic mass is 32.2. The number of nitrogens with one attached hydrogen (secondary N) is 1. The molecular weight excluding hydrogens is 218 g/mol. The van der Waals surface area contributed by atoms with Gasteiger partial charge in [-0.3, -0.25) is 4.21 Å². The van der Waals surface area contributed by atoms with Crippen LogP contribution in [0.3, 0.4) is 0 Å². The Hall–Kier alpha value is 0.110. The summed E-state index contributed by atoms with van der Waals surface area (Å²) in [6.45, 7) is 9.22. The van der Waals surface area contributed by atoms with Gasteiger partial charge in [0.25, 0.3) is 0 Å². The van der Waals surface area contributed by atoms with Crippen molar-refractivity contribution in [2.24, 2.45) is 11.3 Å². The normalized spacial score (nSPS) is 33.3. The topological polar surface area (TPSA) is 29.1 Å². The van der Waals surface area contributed by atoms with Crippen LogP contribution >= 0.6 is 0 Å². The van der Waals surface area contributed by atoms with Gasteiger partial charge in [0, 0.05) is 34.9 Å². The van der Waals surface area contributed by atoms with Crippen molar-refractivity contribution in [2.45, 2.75) is 59.0 Å². The Morgan fingerprint density at radius 3 is 2.62 bits per heavy atom. The predicted octanol–water partition coefficient (Wildman–Crippen LogP) is 2.56. The van der Waals surface area contributed by atoms with Crippen molar-refractivity contribution in [2.75, 3.05) is 12.0 Å². The van der Waals surface area contributed by atoms with Crippen molar-refractivity contribution >= 4 is 10.8 Å². The van der Waals surface area contributed by atoms with Crippen LogP contribution in [0.1, 0.15) is 47.0 Å². The zero-order chi connectivity index (χ0) is 12.3. The molecule has 1 saturated carbocycles. The molecule has 0 aliphatic heterocycles. The van der Waals surface area contributed by atoms with Gasteiger partial charge in [0.1, 0.15) is 0 Å². The molecule has 4 atom stereocenters. The largest absolute Gasteiger partial charge is 0.310 e. The third-order valence-electron chi connectivity index (χ3n) is 3.68. The molecule has 4 unspecified atom stereocenters. The lowest BCUT2D eigenvalue weighted by atomic mass is 9.70. The zero-order valence-corrected chi connectivity index (χ0v) is 12.2. The average Bonchev–Trinajstić information content (AvgIpc) is 2.07. The Kier molecular flexibility index (Phi) is 4.99. The van der Waals surface area contributed by atoms with E-state index in [1.165, 1.54) is 19.3 Å². The summed E-state index contributed by atoms with van der Waals surface area (Å²) in [5.41, 5.74) is 0.508. The second-order valence-corrected chi connectivity index (χ2v) is 7.78. The molecule has 0 spiro atoms. The van der Waals surface area contributed by atoms with E-state index < -0.39 is 10.8 Å². The van der Waals surface area contributed by atoms with Gasteiger partial charge in [-0.05, 0) is 37.5 Å². The molecule has 1 rings (SSSR count). The minimum Gasteiger partial charge on any atom is -0.310 e. The van der Waals surface area contributed by atoms with Gasteiger partial charge >= 0.3 is 0 Å². The quantitative estimate of drug-likeness (QED) is 0.825. The van der Waals surface area contributed by atoms with Gasteiger partial charge in [0.05, 0.1) is 0 Å².